The van der Waals surface area contributed by atoms with Crippen LogP contribution in [-0.4, -0.2) is 5.97 Å². The molecule has 108 valence electrons. The number of hydrogen-bond acceptors (Lipinski definition) is 3. The van der Waals surface area contributed by atoms with Crippen molar-refractivity contribution in [3.05, 3.63) is 84.4 Å². The zero-order valence-corrected chi connectivity index (χ0v) is 11.7. The summed E-state index contributed by atoms with van der Waals surface area (Å²) >= 11 is 0. The minimum absolute atomic E-state index is 0.0367. The van der Waals surface area contributed by atoms with Crippen molar-refractivity contribution < 1.29 is 14.6 Å². The van der Waals surface area contributed by atoms with Crippen LogP contribution < -0.4 is 9.84 Å². The lowest BCUT2D eigenvalue weighted by molar-refractivity contribution is -0.255. The average Bonchev–Trinajstić information content (AvgIpc) is 2.57. The van der Waals surface area contributed by atoms with E-state index in [1.807, 2.05) is 54.6 Å². The van der Waals surface area contributed by atoms with Gasteiger partial charge in [-0.1, -0.05) is 54.6 Å². The normalized spacial score (nSPS) is 10.2. The highest BCUT2D eigenvalue weighted by atomic mass is 16.5. The van der Waals surface area contributed by atoms with Gasteiger partial charge in [-0.15, -0.1) is 0 Å². The van der Waals surface area contributed by atoms with Gasteiger partial charge in [-0.05, 0) is 35.4 Å². The van der Waals surface area contributed by atoms with E-state index in [9.17, 15) is 9.90 Å². The van der Waals surface area contributed by atoms with Crippen molar-refractivity contribution in [1.82, 2.24) is 0 Å². The lowest BCUT2D eigenvalue weighted by atomic mass is 10.1. The Morgan fingerprint density at radius 3 is 2.00 bits per heavy atom. The van der Waals surface area contributed by atoms with Gasteiger partial charge in [-0.2, -0.15) is 0 Å². The Hall–Kier alpha value is -3.07. The third kappa shape index (κ3) is 2.99. The molecule has 3 aromatic carbocycles. The molecule has 0 heterocycles. The molecule has 0 spiro atoms. The van der Waals surface area contributed by atoms with Crippen LogP contribution in [-0.2, 0) is 0 Å². The second-order valence-electron chi connectivity index (χ2n) is 4.78. The predicted molar refractivity (Wildman–Crippen MR) is 82.7 cm³/mol. The molecule has 0 aromatic heterocycles. The maximum absolute atomic E-state index is 11.1. The maximum atomic E-state index is 11.1. The average molecular weight is 289 g/mol. The number of carboxylic acid groups (broad SMARTS) is 1. The third-order valence-corrected chi connectivity index (χ3v) is 3.30. The summed E-state index contributed by atoms with van der Waals surface area (Å²) in [5, 5.41) is 11.1. The van der Waals surface area contributed by atoms with Crippen molar-refractivity contribution in [2.45, 2.75) is 0 Å². The summed E-state index contributed by atoms with van der Waals surface area (Å²) in [7, 11) is 0. The second kappa shape index (κ2) is 6.14. The Kier molecular flexibility index (Phi) is 3.88. The lowest BCUT2D eigenvalue weighted by Crippen LogP contribution is -2.22. The van der Waals surface area contributed by atoms with Gasteiger partial charge in [-0.25, -0.2) is 0 Å². The largest absolute Gasteiger partial charge is 0.545 e. The standard InChI is InChI=1S/C19H14O3/c20-19(21)17-8-4-5-9-18(17)22-16-12-10-15(11-13-16)14-6-2-1-3-7-14/h1-13H,(H,20,21)/p-1. The number of para-hydroxylation sites is 1. The van der Waals surface area contributed by atoms with E-state index in [1.165, 1.54) is 6.07 Å². The molecule has 22 heavy (non-hydrogen) atoms. The van der Waals surface area contributed by atoms with Gasteiger partial charge in [0.15, 0.2) is 0 Å². The van der Waals surface area contributed by atoms with Crippen LogP contribution in [0.4, 0.5) is 0 Å². The van der Waals surface area contributed by atoms with E-state index in [4.69, 9.17) is 4.74 Å². The van der Waals surface area contributed by atoms with Crippen LogP contribution in [0.1, 0.15) is 10.4 Å². The number of hydrogen-bond donors (Lipinski definition) is 0. The summed E-state index contributed by atoms with van der Waals surface area (Å²) in [4.78, 5) is 11.1. The van der Waals surface area contributed by atoms with Crippen LogP contribution in [0.25, 0.3) is 11.1 Å². The molecule has 3 nitrogen and oxygen atoms in total. The van der Waals surface area contributed by atoms with Gasteiger partial charge in [0, 0.05) is 5.56 Å². The highest BCUT2D eigenvalue weighted by molar-refractivity contribution is 5.89. The molecule has 0 unspecified atom stereocenters. The first-order valence-electron chi connectivity index (χ1n) is 6.88. The number of rotatable bonds is 4. The Labute approximate surface area is 128 Å². The smallest absolute Gasteiger partial charge is 0.136 e. The molecule has 0 fully saturated rings. The van der Waals surface area contributed by atoms with Crippen molar-refractivity contribution in [1.29, 1.82) is 0 Å². The van der Waals surface area contributed by atoms with Crippen LogP contribution in [0.15, 0.2) is 78.9 Å². The summed E-state index contributed by atoms with van der Waals surface area (Å²) in [5.41, 5.74) is 2.22. The van der Waals surface area contributed by atoms with E-state index >= 15 is 0 Å². The number of benzene rings is 3. The fraction of sp³-hybridized carbons (Fsp3) is 0. The van der Waals surface area contributed by atoms with Crippen molar-refractivity contribution in [3.63, 3.8) is 0 Å². The minimum atomic E-state index is -1.25. The Bertz CT molecular complexity index is 777. The highest BCUT2D eigenvalue weighted by Gasteiger charge is 2.05. The lowest BCUT2D eigenvalue weighted by Gasteiger charge is -2.12. The first kappa shape index (κ1) is 13.9. The molecule has 3 heteroatoms. The van der Waals surface area contributed by atoms with E-state index in [-0.39, 0.29) is 11.3 Å². The van der Waals surface area contributed by atoms with Crippen LogP contribution in [0, 0.1) is 0 Å². The minimum Gasteiger partial charge on any atom is -0.545 e. The van der Waals surface area contributed by atoms with Gasteiger partial charge in [0.05, 0.1) is 5.97 Å². The number of carboxylic acids is 1. The third-order valence-electron chi connectivity index (χ3n) is 3.30. The molecule has 0 aliphatic heterocycles. The van der Waals surface area contributed by atoms with Crippen molar-refractivity contribution in [3.8, 4) is 22.6 Å². The maximum Gasteiger partial charge on any atom is 0.136 e. The van der Waals surface area contributed by atoms with Gasteiger partial charge in [0.1, 0.15) is 11.5 Å². The molecule has 0 radical (unpaired) electrons. The molecule has 0 aliphatic rings. The van der Waals surface area contributed by atoms with E-state index in [0.29, 0.717) is 5.75 Å². The van der Waals surface area contributed by atoms with Crippen LogP contribution in [0.5, 0.6) is 11.5 Å². The van der Waals surface area contributed by atoms with E-state index in [2.05, 4.69) is 0 Å². The zero-order chi connectivity index (χ0) is 15.4. The Morgan fingerprint density at radius 1 is 0.727 bits per heavy atom. The molecule has 3 rings (SSSR count). The fourth-order valence-electron chi connectivity index (χ4n) is 2.20. The molecule has 0 aliphatic carbocycles. The molecular formula is C19H13O3-. The van der Waals surface area contributed by atoms with Gasteiger partial charge < -0.3 is 14.6 Å². The second-order valence-corrected chi connectivity index (χ2v) is 4.78. The molecule has 3 aromatic rings. The van der Waals surface area contributed by atoms with E-state index in [1.54, 1.807) is 18.2 Å². The van der Waals surface area contributed by atoms with Crippen LogP contribution in [0.3, 0.4) is 0 Å². The van der Waals surface area contributed by atoms with Crippen molar-refractivity contribution in [2.24, 2.45) is 0 Å². The first-order valence-corrected chi connectivity index (χ1v) is 6.88. The number of ether oxygens (including phenoxy) is 1. The van der Waals surface area contributed by atoms with Gasteiger partial charge >= 0.3 is 0 Å². The van der Waals surface area contributed by atoms with E-state index < -0.39 is 5.97 Å². The number of carbonyl (C=O) groups is 1. The summed E-state index contributed by atoms with van der Waals surface area (Å²) < 4.78 is 5.64. The van der Waals surface area contributed by atoms with Crippen LogP contribution >= 0.6 is 0 Å². The molecule has 0 atom stereocenters. The molecule has 0 amide bonds. The SMILES string of the molecule is O=C([O-])c1ccccc1Oc1ccc(-c2ccccc2)cc1. The van der Waals surface area contributed by atoms with Crippen molar-refractivity contribution in [2.75, 3.05) is 0 Å². The molecule has 0 bridgehead atoms. The molecule has 0 saturated heterocycles. The summed E-state index contributed by atoms with van der Waals surface area (Å²) in [6.45, 7) is 0. The van der Waals surface area contributed by atoms with Gasteiger partial charge in [0.25, 0.3) is 0 Å². The topological polar surface area (TPSA) is 49.4 Å². The molecular weight excluding hydrogens is 276 g/mol. The highest BCUT2D eigenvalue weighted by Crippen LogP contribution is 2.27. The van der Waals surface area contributed by atoms with Gasteiger partial charge in [-0.3, -0.25) is 0 Å². The predicted octanol–water partition coefficient (Wildman–Crippen LogP) is 3.51. The summed E-state index contributed by atoms with van der Waals surface area (Å²) in [6, 6.07) is 23.9. The van der Waals surface area contributed by atoms with Crippen LogP contribution in [0.2, 0.25) is 0 Å². The zero-order valence-electron chi connectivity index (χ0n) is 11.7. The molecule has 0 N–H and O–H groups in total. The number of aromatic carboxylic acids is 1. The fourth-order valence-corrected chi connectivity index (χ4v) is 2.20. The number of carbonyl (C=O) groups excluding carboxylic acids is 1. The monoisotopic (exact) mass is 289 g/mol. The Morgan fingerprint density at radius 2 is 1.32 bits per heavy atom. The van der Waals surface area contributed by atoms with Gasteiger partial charge in [0.2, 0.25) is 0 Å². The first-order chi connectivity index (χ1) is 10.7. The summed E-state index contributed by atoms with van der Waals surface area (Å²) in [5.74, 6) is -0.403. The van der Waals surface area contributed by atoms with E-state index in [0.717, 1.165) is 11.1 Å². The Balaban J connectivity index is 1.84. The van der Waals surface area contributed by atoms with Crippen molar-refractivity contribution >= 4 is 5.97 Å². The quantitative estimate of drug-likeness (QED) is 0.738. The summed E-state index contributed by atoms with van der Waals surface area (Å²) in [6.07, 6.45) is 0. The molecule has 0 saturated carbocycles.